The zero-order valence-corrected chi connectivity index (χ0v) is 11.5. The van der Waals surface area contributed by atoms with Crippen LogP contribution in [0.3, 0.4) is 0 Å². The molecule has 0 radical (unpaired) electrons. The normalized spacial score (nSPS) is 28.9. The number of carbonyl (C=O) groups is 1. The first kappa shape index (κ1) is 13.8. The maximum absolute atomic E-state index is 13.0. The van der Waals surface area contributed by atoms with Crippen molar-refractivity contribution in [1.29, 1.82) is 0 Å². The van der Waals surface area contributed by atoms with E-state index < -0.39 is 26.1 Å². The van der Waals surface area contributed by atoms with E-state index in [1.165, 1.54) is 0 Å². The quantitative estimate of drug-likeness (QED) is 0.566. The lowest BCUT2D eigenvalue weighted by atomic mass is 10.2. The molecule has 94 valence electrons. The highest BCUT2D eigenvalue weighted by Crippen LogP contribution is 2.54. The monoisotopic (exact) mass is 250 g/mol. The number of alkyl halides is 2. The van der Waals surface area contributed by atoms with Crippen molar-refractivity contribution >= 4 is 14.6 Å². The Morgan fingerprint density at radius 3 is 2.19 bits per heavy atom. The molecule has 0 aliphatic heterocycles. The van der Waals surface area contributed by atoms with Crippen molar-refractivity contribution in [2.24, 2.45) is 11.8 Å². The SMILES string of the molecule is CC(C)(C)[Si](C)(C)OC[C@H]1[C@@H](C=O)C1(F)F. The fourth-order valence-corrected chi connectivity index (χ4v) is 2.36. The van der Waals surface area contributed by atoms with Gasteiger partial charge in [0.1, 0.15) is 6.29 Å². The highest BCUT2D eigenvalue weighted by molar-refractivity contribution is 6.74. The zero-order valence-electron chi connectivity index (χ0n) is 10.5. The van der Waals surface area contributed by atoms with Crippen molar-refractivity contribution in [3.8, 4) is 0 Å². The van der Waals surface area contributed by atoms with E-state index in [0.29, 0.717) is 6.29 Å². The van der Waals surface area contributed by atoms with E-state index in [4.69, 9.17) is 4.43 Å². The van der Waals surface area contributed by atoms with Gasteiger partial charge in [-0.1, -0.05) is 20.8 Å². The summed E-state index contributed by atoms with van der Waals surface area (Å²) in [6.07, 6.45) is 0.347. The fourth-order valence-electron chi connectivity index (χ4n) is 1.33. The van der Waals surface area contributed by atoms with E-state index in [-0.39, 0.29) is 11.6 Å². The second kappa shape index (κ2) is 3.87. The van der Waals surface area contributed by atoms with Gasteiger partial charge < -0.3 is 9.22 Å². The summed E-state index contributed by atoms with van der Waals surface area (Å²) in [4.78, 5) is 10.4. The van der Waals surface area contributed by atoms with Crippen LogP contribution in [0.2, 0.25) is 18.1 Å². The Bertz CT molecular complexity index is 284. The van der Waals surface area contributed by atoms with Crippen LogP contribution in [0, 0.1) is 11.8 Å². The van der Waals surface area contributed by atoms with Gasteiger partial charge in [0.2, 0.25) is 0 Å². The third-order valence-electron chi connectivity index (χ3n) is 3.84. The van der Waals surface area contributed by atoms with Crippen LogP contribution in [0.5, 0.6) is 0 Å². The molecule has 1 rings (SSSR count). The summed E-state index contributed by atoms with van der Waals surface area (Å²) in [5.74, 6) is -4.87. The minimum Gasteiger partial charge on any atom is -0.416 e. The van der Waals surface area contributed by atoms with Crippen LogP contribution in [0.4, 0.5) is 8.78 Å². The van der Waals surface area contributed by atoms with E-state index in [9.17, 15) is 13.6 Å². The molecule has 0 N–H and O–H groups in total. The minimum absolute atomic E-state index is 0.00684. The summed E-state index contributed by atoms with van der Waals surface area (Å²) < 4.78 is 31.8. The van der Waals surface area contributed by atoms with Gasteiger partial charge in [0, 0.05) is 6.61 Å². The standard InChI is InChI=1S/C11H20F2O2Si/c1-10(2,3)16(4,5)15-7-9-8(6-14)11(9,12)13/h6,8-9H,7H2,1-5H3/t8-,9+/m1/s1. The van der Waals surface area contributed by atoms with Crippen LogP contribution in [0.25, 0.3) is 0 Å². The predicted molar refractivity (Wildman–Crippen MR) is 61.1 cm³/mol. The number of carbonyl (C=O) groups excluding carboxylic acids is 1. The minimum atomic E-state index is -2.84. The third-order valence-corrected chi connectivity index (χ3v) is 8.34. The Hall–Kier alpha value is -0.293. The molecule has 0 amide bonds. The molecular formula is C11H20F2O2Si. The van der Waals surface area contributed by atoms with Crippen LogP contribution in [-0.4, -0.2) is 27.1 Å². The lowest BCUT2D eigenvalue weighted by Gasteiger charge is -2.36. The highest BCUT2D eigenvalue weighted by atomic mass is 28.4. The van der Waals surface area contributed by atoms with E-state index in [0.717, 1.165) is 0 Å². The molecule has 0 aromatic heterocycles. The number of hydrogen-bond donors (Lipinski definition) is 0. The van der Waals surface area contributed by atoms with Crippen LogP contribution < -0.4 is 0 Å². The largest absolute Gasteiger partial charge is 0.416 e. The number of halogens is 2. The smallest absolute Gasteiger partial charge is 0.263 e. The van der Waals surface area contributed by atoms with Gasteiger partial charge in [0.15, 0.2) is 8.32 Å². The van der Waals surface area contributed by atoms with Crippen molar-refractivity contribution in [2.75, 3.05) is 6.61 Å². The lowest BCUT2D eigenvalue weighted by Crippen LogP contribution is -2.41. The molecule has 16 heavy (non-hydrogen) atoms. The topological polar surface area (TPSA) is 26.3 Å². The molecule has 2 atom stereocenters. The Morgan fingerprint density at radius 1 is 1.38 bits per heavy atom. The Balaban J connectivity index is 2.52. The molecule has 1 saturated carbocycles. The molecule has 0 aromatic carbocycles. The van der Waals surface area contributed by atoms with Gasteiger partial charge in [-0.2, -0.15) is 0 Å². The van der Waals surface area contributed by atoms with Gasteiger partial charge in [-0.25, -0.2) is 8.78 Å². The third kappa shape index (κ3) is 2.35. The average Bonchev–Trinajstić information content (AvgIpc) is 2.61. The zero-order chi connectivity index (χ0) is 12.8. The second-order valence-electron chi connectivity index (χ2n) is 6.01. The van der Waals surface area contributed by atoms with Crippen LogP contribution in [-0.2, 0) is 9.22 Å². The molecule has 0 heterocycles. The van der Waals surface area contributed by atoms with Crippen molar-refractivity contribution in [3.05, 3.63) is 0 Å². The number of rotatable bonds is 4. The van der Waals surface area contributed by atoms with Crippen LogP contribution in [0.15, 0.2) is 0 Å². The summed E-state index contributed by atoms with van der Waals surface area (Å²) in [6.45, 7) is 10.2. The van der Waals surface area contributed by atoms with Gasteiger partial charge in [-0.15, -0.1) is 0 Å². The van der Waals surface area contributed by atoms with E-state index in [1.807, 2.05) is 13.1 Å². The van der Waals surface area contributed by atoms with Gasteiger partial charge in [0.05, 0.1) is 11.8 Å². The molecule has 0 aromatic rings. The second-order valence-corrected chi connectivity index (χ2v) is 10.8. The molecule has 1 fully saturated rings. The van der Waals surface area contributed by atoms with E-state index in [1.54, 1.807) is 0 Å². The highest BCUT2D eigenvalue weighted by Gasteiger charge is 2.68. The van der Waals surface area contributed by atoms with Gasteiger partial charge in [-0.3, -0.25) is 0 Å². The molecule has 0 saturated heterocycles. The van der Waals surface area contributed by atoms with E-state index in [2.05, 4.69) is 20.8 Å². The number of hydrogen-bond acceptors (Lipinski definition) is 2. The summed E-state index contributed by atoms with van der Waals surface area (Å²) in [5, 5.41) is 0.00779. The van der Waals surface area contributed by atoms with Crippen molar-refractivity contribution in [3.63, 3.8) is 0 Å². The van der Waals surface area contributed by atoms with Gasteiger partial charge in [-0.05, 0) is 18.1 Å². The maximum Gasteiger partial charge on any atom is 0.263 e. The first-order valence-corrected chi connectivity index (χ1v) is 8.42. The van der Waals surface area contributed by atoms with E-state index >= 15 is 0 Å². The Kier molecular flexibility index (Phi) is 3.33. The predicted octanol–water partition coefficient (Wildman–Crippen LogP) is 3.09. The van der Waals surface area contributed by atoms with Crippen molar-refractivity contribution in [2.45, 2.75) is 44.8 Å². The summed E-state index contributed by atoms with van der Waals surface area (Å²) in [7, 11) is -1.98. The summed E-state index contributed by atoms with van der Waals surface area (Å²) in [5.41, 5.74) is 0. The van der Waals surface area contributed by atoms with Crippen molar-refractivity contribution in [1.82, 2.24) is 0 Å². The molecule has 1 aliphatic carbocycles. The molecular weight excluding hydrogens is 230 g/mol. The Morgan fingerprint density at radius 2 is 1.88 bits per heavy atom. The van der Waals surface area contributed by atoms with Crippen LogP contribution >= 0.6 is 0 Å². The molecule has 0 spiro atoms. The van der Waals surface area contributed by atoms with Crippen LogP contribution in [0.1, 0.15) is 20.8 Å². The molecule has 2 nitrogen and oxygen atoms in total. The van der Waals surface area contributed by atoms with Gasteiger partial charge >= 0.3 is 0 Å². The molecule has 5 heteroatoms. The molecule has 0 unspecified atom stereocenters. The summed E-state index contributed by atoms with van der Waals surface area (Å²) >= 11 is 0. The lowest BCUT2D eigenvalue weighted by molar-refractivity contribution is -0.110. The first-order valence-electron chi connectivity index (χ1n) is 5.51. The average molecular weight is 250 g/mol. The molecule has 0 bridgehead atoms. The maximum atomic E-state index is 13.0. The number of aldehydes is 1. The fraction of sp³-hybridized carbons (Fsp3) is 0.909. The first-order chi connectivity index (χ1) is 7.04. The molecule has 1 aliphatic rings. The van der Waals surface area contributed by atoms with Crippen molar-refractivity contribution < 1.29 is 18.0 Å². The summed E-state index contributed by atoms with van der Waals surface area (Å²) in [6, 6.07) is 0. The van der Waals surface area contributed by atoms with Gasteiger partial charge in [0.25, 0.3) is 5.92 Å². The Labute approximate surface area is 96.5 Å².